The molecule has 0 aromatic heterocycles. The predicted molar refractivity (Wildman–Crippen MR) is 71.0 cm³/mol. The van der Waals surface area contributed by atoms with E-state index in [9.17, 15) is 9.59 Å². The number of hydrogen-bond donors (Lipinski definition) is 1. The third-order valence-corrected chi connectivity index (χ3v) is 3.65. The molecule has 1 heterocycles. The molecule has 1 rings (SSSR count). The van der Waals surface area contributed by atoms with Crippen LogP contribution in [0.3, 0.4) is 0 Å². The molecule has 2 atom stereocenters. The molecule has 1 aliphatic rings. The first-order chi connectivity index (χ1) is 8.97. The fourth-order valence-electron chi connectivity index (χ4n) is 2.25. The Labute approximate surface area is 114 Å². The van der Waals surface area contributed by atoms with Gasteiger partial charge >= 0.3 is 5.97 Å². The molecule has 6 nitrogen and oxygen atoms in total. The van der Waals surface area contributed by atoms with Gasteiger partial charge in [-0.2, -0.15) is 0 Å². The Morgan fingerprint density at radius 1 is 1.32 bits per heavy atom. The van der Waals surface area contributed by atoms with Crippen LogP contribution >= 0.6 is 0 Å². The Kier molecular flexibility index (Phi) is 6.24. The van der Waals surface area contributed by atoms with Crippen LogP contribution < -0.4 is 0 Å². The lowest BCUT2D eigenvalue weighted by Gasteiger charge is -2.36. The van der Waals surface area contributed by atoms with E-state index in [2.05, 4.69) is 0 Å². The van der Waals surface area contributed by atoms with Gasteiger partial charge in [-0.15, -0.1) is 0 Å². The van der Waals surface area contributed by atoms with Gasteiger partial charge in [0.1, 0.15) is 0 Å². The lowest BCUT2D eigenvalue weighted by atomic mass is 10.1. The molecule has 2 unspecified atom stereocenters. The SMILES string of the molecule is CCC(C)N(CC(=O)O)C(C)C(=O)N1CCOCC1. The van der Waals surface area contributed by atoms with Crippen molar-refractivity contribution < 1.29 is 19.4 Å². The van der Waals surface area contributed by atoms with Crippen molar-refractivity contribution in [2.45, 2.75) is 39.3 Å². The maximum absolute atomic E-state index is 12.4. The highest BCUT2D eigenvalue weighted by Crippen LogP contribution is 2.12. The summed E-state index contributed by atoms with van der Waals surface area (Å²) >= 11 is 0. The largest absolute Gasteiger partial charge is 0.480 e. The number of ether oxygens (including phenoxy) is 1. The summed E-state index contributed by atoms with van der Waals surface area (Å²) in [5.74, 6) is -0.910. The van der Waals surface area contributed by atoms with Crippen LogP contribution in [0.5, 0.6) is 0 Å². The first-order valence-corrected chi connectivity index (χ1v) is 6.81. The molecule has 110 valence electrons. The molecule has 0 aromatic carbocycles. The summed E-state index contributed by atoms with van der Waals surface area (Å²) in [6.07, 6.45) is 0.814. The van der Waals surface area contributed by atoms with E-state index < -0.39 is 12.0 Å². The fraction of sp³-hybridized carbons (Fsp3) is 0.846. The first kappa shape index (κ1) is 15.9. The summed E-state index contributed by atoms with van der Waals surface area (Å²) in [6.45, 7) is 7.91. The predicted octanol–water partition coefficient (Wildman–Crippen LogP) is 0.419. The van der Waals surface area contributed by atoms with Crippen LogP contribution in [-0.4, -0.2) is 71.7 Å². The summed E-state index contributed by atoms with van der Waals surface area (Å²) < 4.78 is 5.22. The number of carbonyl (C=O) groups is 2. The number of hydrogen-bond acceptors (Lipinski definition) is 4. The third kappa shape index (κ3) is 4.47. The quantitative estimate of drug-likeness (QED) is 0.759. The van der Waals surface area contributed by atoms with Crippen molar-refractivity contribution in [3.05, 3.63) is 0 Å². The molecule has 0 radical (unpaired) electrons. The van der Waals surface area contributed by atoms with Gasteiger partial charge in [-0.05, 0) is 20.3 Å². The van der Waals surface area contributed by atoms with Gasteiger partial charge in [-0.25, -0.2) is 0 Å². The topological polar surface area (TPSA) is 70.1 Å². The Morgan fingerprint density at radius 2 is 1.89 bits per heavy atom. The maximum atomic E-state index is 12.4. The third-order valence-electron chi connectivity index (χ3n) is 3.65. The molecule has 0 aromatic rings. The van der Waals surface area contributed by atoms with Crippen molar-refractivity contribution in [3.8, 4) is 0 Å². The molecule has 0 aliphatic carbocycles. The number of morpholine rings is 1. The second-order valence-electron chi connectivity index (χ2n) is 4.94. The number of carboxylic acids is 1. The molecule has 1 N–H and O–H groups in total. The number of rotatable bonds is 6. The minimum absolute atomic E-state index is 0.00940. The van der Waals surface area contributed by atoms with Crippen molar-refractivity contribution >= 4 is 11.9 Å². The van der Waals surface area contributed by atoms with Gasteiger partial charge in [0.15, 0.2) is 0 Å². The highest BCUT2D eigenvalue weighted by Gasteiger charge is 2.30. The van der Waals surface area contributed by atoms with Gasteiger partial charge in [0.25, 0.3) is 0 Å². The van der Waals surface area contributed by atoms with Crippen molar-refractivity contribution in [2.24, 2.45) is 0 Å². The van der Waals surface area contributed by atoms with E-state index >= 15 is 0 Å². The zero-order chi connectivity index (χ0) is 14.4. The summed E-state index contributed by atoms with van der Waals surface area (Å²) in [7, 11) is 0. The molecule has 1 aliphatic heterocycles. The highest BCUT2D eigenvalue weighted by atomic mass is 16.5. The van der Waals surface area contributed by atoms with Gasteiger partial charge in [0, 0.05) is 19.1 Å². The average Bonchev–Trinajstić information content (AvgIpc) is 2.43. The van der Waals surface area contributed by atoms with Gasteiger partial charge in [0.2, 0.25) is 5.91 Å². The van der Waals surface area contributed by atoms with Gasteiger partial charge in [-0.3, -0.25) is 14.5 Å². The van der Waals surface area contributed by atoms with Crippen LogP contribution in [0.1, 0.15) is 27.2 Å². The van der Waals surface area contributed by atoms with Crippen molar-refractivity contribution in [2.75, 3.05) is 32.8 Å². The molecule has 1 fully saturated rings. The lowest BCUT2D eigenvalue weighted by molar-refractivity contribution is -0.145. The van der Waals surface area contributed by atoms with E-state index in [1.165, 1.54) is 0 Å². The van der Waals surface area contributed by atoms with Gasteiger partial charge in [0.05, 0.1) is 25.8 Å². The number of nitrogens with zero attached hydrogens (tertiary/aromatic N) is 2. The molecule has 1 amide bonds. The smallest absolute Gasteiger partial charge is 0.317 e. The monoisotopic (exact) mass is 272 g/mol. The first-order valence-electron chi connectivity index (χ1n) is 6.81. The summed E-state index contributed by atoms with van der Waals surface area (Å²) in [6, 6.07) is -0.347. The Balaban J connectivity index is 2.70. The Bertz CT molecular complexity index is 316. The summed E-state index contributed by atoms with van der Waals surface area (Å²) in [5.41, 5.74) is 0. The van der Waals surface area contributed by atoms with E-state index in [1.807, 2.05) is 13.8 Å². The van der Waals surface area contributed by atoms with Crippen molar-refractivity contribution in [1.29, 1.82) is 0 Å². The lowest BCUT2D eigenvalue weighted by Crippen LogP contribution is -2.53. The van der Waals surface area contributed by atoms with E-state index in [0.717, 1.165) is 6.42 Å². The second kappa shape index (κ2) is 7.45. The van der Waals surface area contributed by atoms with E-state index in [4.69, 9.17) is 9.84 Å². The normalized spacial score (nSPS) is 19.3. The van der Waals surface area contributed by atoms with Crippen LogP contribution in [0.15, 0.2) is 0 Å². The number of carbonyl (C=O) groups excluding carboxylic acids is 1. The average molecular weight is 272 g/mol. The Morgan fingerprint density at radius 3 is 2.37 bits per heavy atom. The van der Waals surface area contributed by atoms with E-state index in [0.29, 0.717) is 26.3 Å². The van der Waals surface area contributed by atoms with Gasteiger partial charge < -0.3 is 14.7 Å². The fourth-order valence-corrected chi connectivity index (χ4v) is 2.25. The molecular weight excluding hydrogens is 248 g/mol. The number of aliphatic carboxylic acids is 1. The zero-order valence-corrected chi connectivity index (χ0v) is 12.0. The van der Waals surface area contributed by atoms with E-state index in [-0.39, 0.29) is 18.5 Å². The molecule has 1 saturated heterocycles. The van der Waals surface area contributed by atoms with Crippen LogP contribution in [0.2, 0.25) is 0 Å². The molecular formula is C13H24N2O4. The number of carboxylic acid groups (broad SMARTS) is 1. The van der Waals surface area contributed by atoms with Gasteiger partial charge in [-0.1, -0.05) is 6.92 Å². The zero-order valence-electron chi connectivity index (χ0n) is 12.0. The van der Waals surface area contributed by atoms with Crippen LogP contribution in [-0.2, 0) is 14.3 Å². The molecule has 19 heavy (non-hydrogen) atoms. The van der Waals surface area contributed by atoms with E-state index in [1.54, 1.807) is 16.7 Å². The highest BCUT2D eigenvalue weighted by molar-refractivity contribution is 5.82. The van der Waals surface area contributed by atoms with Crippen LogP contribution in [0, 0.1) is 0 Å². The van der Waals surface area contributed by atoms with Crippen LogP contribution in [0.25, 0.3) is 0 Å². The minimum Gasteiger partial charge on any atom is -0.480 e. The number of amides is 1. The van der Waals surface area contributed by atoms with Crippen molar-refractivity contribution in [1.82, 2.24) is 9.80 Å². The Hall–Kier alpha value is -1.14. The molecule has 6 heteroatoms. The summed E-state index contributed by atoms with van der Waals surface area (Å²) in [5, 5.41) is 8.98. The molecule has 0 spiro atoms. The second-order valence-corrected chi connectivity index (χ2v) is 4.94. The maximum Gasteiger partial charge on any atom is 0.317 e. The molecule has 0 bridgehead atoms. The van der Waals surface area contributed by atoms with Crippen LogP contribution in [0.4, 0.5) is 0 Å². The summed E-state index contributed by atoms with van der Waals surface area (Å²) in [4.78, 5) is 26.8. The standard InChI is InChI=1S/C13H24N2O4/c1-4-10(2)15(9-12(16)17)11(3)13(18)14-5-7-19-8-6-14/h10-11H,4-9H2,1-3H3,(H,16,17). The minimum atomic E-state index is -0.901. The van der Waals surface area contributed by atoms with Crippen molar-refractivity contribution in [3.63, 3.8) is 0 Å². The molecule has 0 saturated carbocycles.